The Morgan fingerprint density at radius 1 is 0.371 bits per heavy atom. The van der Waals surface area contributed by atoms with E-state index in [-0.39, 0.29) is 5.82 Å². The van der Waals surface area contributed by atoms with Crippen LogP contribution in [0.3, 0.4) is 0 Å². The van der Waals surface area contributed by atoms with E-state index in [4.69, 9.17) is 0 Å². The second-order valence-electron chi connectivity index (χ2n) is 16.5. The zero-order chi connectivity index (χ0) is 41.2. The first-order valence-electron chi connectivity index (χ1n) is 21.4. The molecular weight excluding hydrogens is 754 g/mol. The number of benzene rings is 10. The summed E-state index contributed by atoms with van der Waals surface area (Å²) in [5, 5.41) is 2.56. The van der Waals surface area contributed by atoms with Crippen molar-refractivity contribution in [2.24, 2.45) is 0 Å². The second-order valence-corrected chi connectivity index (χ2v) is 16.5. The minimum Gasteiger partial charge on any atom is -0.310 e. The van der Waals surface area contributed by atoms with Crippen molar-refractivity contribution in [2.75, 3.05) is 4.90 Å². The van der Waals surface area contributed by atoms with Crippen LogP contribution in [0.5, 0.6) is 0 Å². The van der Waals surface area contributed by atoms with Crippen molar-refractivity contribution >= 4 is 27.8 Å². The number of halogens is 1. The van der Waals surface area contributed by atoms with Crippen LogP contribution >= 0.6 is 0 Å². The largest absolute Gasteiger partial charge is 0.310 e. The zero-order valence-electron chi connectivity index (χ0n) is 34.0. The molecule has 2 aliphatic rings. The molecule has 10 aromatic rings. The molecule has 0 atom stereocenters. The molecule has 0 radical (unpaired) electrons. The van der Waals surface area contributed by atoms with Gasteiger partial charge in [0.1, 0.15) is 5.82 Å². The van der Waals surface area contributed by atoms with Crippen molar-refractivity contribution in [3.63, 3.8) is 0 Å². The molecule has 62 heavy (non-hydrogen) atoms. The Labute approximate surface area is 361 Å². The number of nitrogens with zero attached hydrogens (tertiary/aromatic N) is 1. The van der Waals surface area contributed by atoms with Crippen LogP contribution in [0, 0.1) is 5.82 Å². The van der Waals surface area contributed by atoms with Gasteiger partial charge in [-0.3, -0.25) is 0 Å². The fourth-order valence-corrected chi connectivity index (χ4v) is 10.6. The molecule has 0 heterocycles. The van der Waals surface area contributed by atoms with Gasteiger partial charge >= 0.3 is 0 Å². The van der Waals surface area contributed by atoms with Crippen molar-refractivity contribution in [2.45, 2.75) is 11.8 Å². The SMILES string of the molecule is Fc1ccc2c(c1)-c1ccc(N(c3ccc4c(c3)Cc3cc(-c5ccccc5)c5ccccc5c3-4)c3ccccc3-c3ccccc3)cc1C2(c1ccccc1)c1ccccc1. The summed E-state index contributed by atoms with van der Waals surface area (Å²) in [4.78, 5) is 2.43. The molecule has 0 N–H and O–H groups in total. The summed E-state index contributed by atoms with van der Waals surface area (Å²) in [6.07, 6.45) is 0.841. The van der Waals surface area contributed by atoms with Crippen LogP contribution in [0.2, 0.25) is 0 Å². The van der Waals surface area contributed by atoms with Gasteiger partial charge in [-0.1, -0.05) is 182 Å². The second kappa shape index (κ2) is 14.4. The van der Waals surface area contributed by atoms with Crippen molar-refractivity contribution in [1.82, 2.24) is 0 Å². The average Bonchev–Trinajstić information content (AvgIpc) is 3.85. The Hall–Kier alpha value is -7.81. The smallest absolute Gasteiger partial charge is 0.123 e. The Bertz CT molecular complexity index is 3280. The van der Waals surface area contributed by atoms with Crippen LogP contribution in [-0.4, -0.2) is 0 Å². The molecule has 2 heteroatoms. The number of para-hydroxylation sites is 1. The third kappa shape index (κ3) is 5.53. The lowest BCUT2D eigenvalue weighted by Crippen LogP contribution is -2.28. The lowest BCUT2D eigenvalue weighted by molar-refractivity contribution is 0.626. The lowest BCUT2D eigenvalue weighted by atomic mass is 9.67. The first-order chi connectivity index (χ1) is 30.7. The van der Waals surface area contributed by atoms with E-state index in [1.807, 2.05) is 6.07 Å². The van der Waals surface area contributed by atoms with Gasteiger partial charge in [-0.15, -0.1) is 0 Å². The molecule has 0 aromatic heterocycles. The summed E-state index contributed by atoms with van der Waals surface area (Å²) in [6.45, 7) is 0. The van der Waals surface area contributed by atoms with Gasteiger partial charge in [0.05, 0.1) is 11.1 Å². The summed E-state index contributed by atoms with van der Waals surface area (Å²) in [5.74, 6) is -0.239. The molecule has 0 amide bonds. The summed E-state index contributed by atoms with van der Waals surface area (Å²) in [7, 11) is 0. The van der Waals surface area contributed by atoms with Crippen LogP contribution < -0.4 is 4.90 Å². The van der Waals surface area contributed by atoms with E-state index in [1.54, 1.807) is 12.1 Å². The zero-order valence-corrected chi connectivity index (χ0v) is 34.0. The predicted molar refractivity (Wildman–Crippen MR) is 255 cm³/mol. The molecular formula is C60H40FN. The van der Waals surface area contributed by atoms with E-state index in [1.165, 1.54) is 44.2 Å². The maximum Gasteiger partial charge on any atom is 0.123 e. The Morgan fingerprint density at radius 3 is 1.63 bits per heavy atom. The third-order valence-electron chi connectivity index (χ3n) is 13.2. The van der Waals surface area contributed by atoms with Crippen molar-refractivity contribution in [3.05, 3.63) is 270 Å². The number of anilines is 3. The maximum absolute atomic E-state index is 15.4. The lowest BCUT2D eigenvalue weighted by Gasteiger charge is -2.35. The van der Waals surface area contributed by atoms with Gasteiger partial charge in [-0.05, 0) is 138 Å². The molecule has 2 aliphatic carbocycles. The molecule has 0 saturated heterocycles. The normalized spacial score (nSPS) is 13.0. The Balaban J connectivity index is 1.09. The van der Waals surface area contributed by atoms with Crippen LogP contribution in [0.4, 0.5) is 21.5 Å². The quantitative estimate of drug-likeness (QED) is 0.155. The van der Waals surface area contributed by atoms with Crippen LogP contribution in [-0.2, 0) is 11.8 Å². The number of rotatable bonds is 7. The predicted octanol–water partition coefficient (Wildman–Crippen LogP) is 15.7. The van der Waals surface area contributed by atoms with Crippen LogP contribution in [0.1, 0.15) is 33.4 Å². The van der Waals surface area contributed by atoms with Crippen molar-refractivity contribution < 1.29 is 4.39 Å². The van der Waals surface area contributed by atoms with E-state index < -0.39 is 5.41 Å². The van der Waals surface area contributed by atoms with Gasteiger partial charge < -0.3 is 4.90 Å². The molecule has 10 aromatic carbocycles. The highest BCUT2D eigenvalue weighted by molar-refractivity contribution is 6.08. The molecule has 292 valence electrons. The van der Waals surface area contributed by atoms with E-state index in [9.17, 15) is 0 Å². The first kappa shape index (κ1) is 36.1. The standard InChI is InChI=1S/C60H40FN/c61-46-29-34-56-55(38-46)52-33-31-48(39-57(52)60(56,44-21-9-3-10-22-44)45-23-11-4-12-24-45)62(58-28-16-15-25-49(58)40-17-5-1-6-18-40)47-30-32-50-42(36-47)35-43-37-54(41-19-7-2-8-20-41)51-26-13-14-27-53(51)59(43)50/h1-34,36-39H,35H2. The number of hydrogen-bond acceptors (Lipinski definition) is 1. The highest BCUT2D eigenvalue weighted by Crippen LogP contribution is 2.58. The van der Waals surface area contributed by atoms with Crippen molar-refractivity contribution in [3.8, 4) is 44.5 Å². The summed E-state index contributed by atoms with van der Waals surface area (Å²) in [5.41, 5.74) is 19.0. The number of hydrogen-bond donors (Lipinski definition) is 0. The van der Waals surface area contributed by atoms with Gasteiger partial charge in [0, 0.05) is 16.9 Å². The van der Waals surface area contributed by atoms with E-state index in [0.29, 0.717) is 0 Å². The van der Waals surface area contributed by atoms with Crippen LogP contribution in [0.15, 0.2) is 231 Å². The molecule has 0 bridgehead atoms. The maximum atomic E-state index is 15.4. The summed E-state index contributed by atoms with van der Waals surface area (Å²) < 4.78 is 15.4. The van der Waals surface area contributed by atoms with Gasteiger partial charge in [0.2, 0.25) is 0 Å². The third-order valence-corrected chi connectivity index (χ3v) is 13.2. The minimum absolute atomic E-state index is 0.239. The Kier molecular flexibility index (Phi) is 8.40. The van der Waals surface area contributed by atoms with Gasteiger partial charge in [0.15, 0.2) is 0 Å². The molecule has 0 unspecified atom stereocenters. The van der Waals surface area contributed by atoms with Crippen molar-refractivity contribution in [1.29, 1.82) is 0 Å². The molecule has 1 nitrogen and oxygen atoms in total. The fraction of sp³-hybridized carbons (Fsp3) is 0.0333. The van der Waals surface area contributed by atoms with Gasteiger partial charge in [0.25, 0.3) is 0 Å². The topological polar surface area (TPSA) is 3.24 Å². The number of fused-ring (bicyclic) bond motifs is 8. The minimum atomic E-state index is -0.682. The van der Waals surface area contributed by atoms with E-state index in [0.717, 1.165) is 68.0 Å². The highest BCUT2D eigenvalue weighted by Gasteiger charge is 2.46. The fourth-order valence-electron chi connectivity index (χ4n) is 10.6. The highest BCUT2D eigenvalue weighted by atomic mass is 19.1. The molecule has 0 saturated carbocycles. The molecule has 0 spiro atoms. The van der Waals surface area contributed by atoms with Crippen LogP contribution in [0.25, 0.3) is 55.3 Å². The average molecular weight is 794 g/mol. The van der Waals surface area contributed by atoms with Gasteiger partial charge in [-0.25, -0.2) is 4.39 Å². The molecule has 0 fully saturated rings. The van der Waals surface area contributed by atoms with Gasteiger partial charge in [-0.2, -0.15) is 0 Å². The van der Waals surface area contributed by atoms with E-state index >= 15 is 4.39 Å². The monoisotopic (exact) mass is 793 g/mol. The Morgan fingerprint density at radius 2 is 0.935 bits per heavy atom. The summed E-state index contributed by atoms with van der Waals surface area (Å²) >= 11 is 0. The van der Waals surface area contributed by atoms with E-state index in [2.05, 4.69) is 217 Å². The first-order valence-corrected chi connectivity index (χ1v) is 21.4. The summed E-state index contributed by atoms with van der Waals surface area (Å²) in [6, 6.07) is 82.1. The molecule has 0 aliphatic heterocycles. The molecule has 12 rings (SSSR count).